The molecule has 0 heterocycles. The molecule has 0 radical (unpaired) electrons. The summed E-state index contributed by atoms with van der Waals surface area (Å²) < 4.78 is 26.2. The number of aryl methyl sites for hydroxylation is 1. The molecular formula is C19H22N2O3S. The fraction of sp³-hybridized carbons (Fsp3) is 0.211. The molecular weight excluding hydrogens is 336 g/mol. The van der Waals surface area contributed by atoms with Crippen molar-refractivity contribution in [2.75, 3.05) is 11.9 Å². The van der Waals surface area contributed by atoms with E-state index in [1.165, 1.54) is 23.8 Å². The molecule has 5 nitrogen and oxygen atoms in total. The molecule has 2 aromatic carbocycles. The monoisotopic (exact) mass is 358 g/mol. The minimum atomic E-state index is -3.46. The van der Waals surface area contributed by atoms with Crippen molar-refractivity contribution in [1.82, 2.24) is 4.72 Å². The summed E-state index contributed by atoms with van der Waals surface area (Å²) in [5, 5.41) is 2.78. The van der Waals surface area contributed by atoms with Crippen molar-refractivity contribution in [3.8, 4) is 0 Å². The molecule has 2 rings (SSSR count). The van der Waals surface area contributed by atoms with Gasteiger partial charge in [-0.3, -0.25) is 4.79 Å². The van der Waals surface area contributed by atoms with Gasteiger partial charge in [0.05, 0.1) is 4.90 Å². The van der Waals surface area contributed by atoms with Gasteiger partial charge in [0.1, 0.15) is 0 Å². The average molecular weight is 358 g/mol. The van der Waals surface area contributed by atoms with Gasteiger partial charge in [0, 0.05) is 18.3 Å². The lowest BCUT2D eigenvalue weighted by atomic mass is 10.1. The van der Waals surface area contributed by atoms with Crippen LogP contribution in [0.15, 0.2) is 59.5 Å². The van der Waals surface area contributed by atoms with Crippen LogP contribution >= 0.6 is 0 Å². The third-order valence-corrected chi connectivity index (χ3v) is 5.14. The van der Waals surface area contributed by atoms with Gasteiger partial charge in [-0.15, -0.1) is 0 Å². The van der Waals surface area contributed by atoms with Gasteiger partial charge >= 0.3 is 0 Å². The fourth-order valence-electron chi connectivity index (χ4n) is 2.21. The maximum atomic E-state index is 11.9. The van der Waals surface area contributed by atoms with Crippen LogP contribution in [0.4, 0.5) is 5.69 Å². The van der Waals surface area contributed by atoms with Crippen molar-refractivity contribution in [2.45, 2.75) is 25.2 Å². The van der Waals surface area contributed by atoms with Crippen molar-refractivity contribution in [3.05, 3.63) is 65.7 Å². The Bertz CT molecular complexity index is 839. The molecule has 0 spiro atoms. The van der Waals surface area contributed by atoms with E-state index in [1.807, 2.05) is 24.3 Å². The van der Waals surface area contributed by atoms with Crippen LogP contribution in [0, 0.1) is 0 Å². The molecule has 25 heavy (non-hydrogen) atoms. The minimum absolute atomic E-state index is 0.201. The maximum Gasteiger partial charge on any atom is 0.248 e. The molecule has 0 atom stereocenters. The van der Waals surface area contributed by atoms with Crippen molar-refractivity contribution in [3.63, 3.8) is 0 Å². The van der Waals surface area contributed by atoms with Crippen molar-refractivity contribution in [2.24, 2.45) is 0 Å². The van der Waals surface area contributed by atoms with Gasteiger partial charge in [-0.2, -0.15) is 0 Å². The topological polar surface area (TPSA) is 75.3 Å². The van der Waals surface area contributed by atoms with Crippen LogP contribution in [0.2, 0.25) is 0 Å². The van der Waals surface area contributed by atoms with Gasteiger partial charge in [-0.05, 0) is 47.9 Å². The van der Waals surface area contributed by atoms with Crippen LogP contribution < -0.4 is 10.0 Å². The number of nitrogens with one attached hydrogen (secondary N) is 2. The largest absolute Gasteiger partial charge is 0.323 e. The first-order valence-electron chi connectivity index (χ1n) is 8.12. The number of carbonyl (C=O) groups is 1. The number of hydrogen-bond acceptors (Lipinski definition) is 3. The lowest BCUT2D eigenvalue weighted by Crippen LogP contribution is -2.22. The molecule has 6 heteroatoms. The summed E-state index contributed by atoms with van der Waals surface area (Å²) in [6.45, 7) is 4.14. The van der Waals surface area contributed by atoms with Gasteiger partial charge in [0.25, 0.3) is 0 Å². The van der Waals surface area contributed by atoms with E-state index in [2.05, 4.69) is 17.0 Å². The first kappa shape index (κ1) is 18.9. The Labute approximate surface area is 148 Å². The maximum absolute atomic E-state index is 11.9. The quantitative estimate of drug-likeness (QED) is 0.746. The van der Waals surface area contributed by atoms with Crippen LogP contribution in [0.25, 0.3) is 6.08 Å². The SMILES string of the molecule is CCNS(=O)(=O)c1ccc(/C=C/C(=O)Nc2ccc(CC)cc2)cc1. The molecule has 0 unspecified atom stereocenters. The Morgan fingerprint density at radius 1 is 1.00 bits per heavy atom. The molecule has 0 bridgehead atoms. The highest BCUT2D eigenvalue weighted by atomic mass is 32.2. The molecule has 1 amide bonds. The zero-order valence-electron chi connectivity index (χ0n) is 14.3. The normalized spacial score (nSPS) is 11.6. The second-order valence-corrected chi connectivity index (χ2v) is 7.21. The molecule has 0 aliphatic heterocycles. The minimum Gasteiger partial charge on any atom is -0.323 e. The van der Waals surface area contributed by atoms with E-state index in [9.17, 15) is 13.2 Å². The number of rotatable bonds is 7. The summed E-state index contributed by atoms with van der Waals surface area (Å²) in [7, 11) is -3.46. The van der Waals surface area contributed by atoms with Crippen LogP contribution in [-0.2, 0) is 21.2 Å². The summed E-state index contributed by atoms with van der Waals surface area (Å²) in [4.78, 5) is 12.1. The zero-order chi connectivity index (χ0) is 18.3. The van der Waals surface area contributed by atoms with Crippen molar-refractivity contribution >= 4 is 27.7 Å². The summed E-state index contributed by atoms with van der Waals surface area (Å²) in [6, 6.07) is 14.0. The second kappa shape index (κ2) is 8.60. The van der Waals surface area contributed by atoms with Gasteiger partial charge in [0.15, 0.2) is 0 Å². The summed E-state index contributed by atoms with van der Waals surface area (Å²) in [5.74, 6) is -0.242. The number of anilines is 1. The Morgan fingerprint density at radius 2 is 1.64 bits per heavy atom. The molecule has 0 aliphatic rings. The van der Waals surface area contributed by atoms with Crippen LogP contribution in [0.3, 0.4) is 0 Å². The first-order chi connectivity index (χ1) is 11.9. The number of hydrogen-bond donors (Lipinski definition) is 2. The molecule has 0 saturated carbocycles. The molecule has 0 aliphatic carbocycles. The summed E-state index contributed by atoms with van der Waals surface area (Å²) in [5.41, 5.74) is 2.69. The van der Waals surface area contributed by atoms with E-state index in [-0.39, 0.29) is 10.8 Å². The Morgan fingerprint density at radius 3 is 2.20 bits per heavy atom. The molecule has 0 aromatic heterocycles. The zero-order valence-corrected chi connectivity index (χ0v) is 15.1. The van der Waals surface area contributed by atoms with E-state index in [0.29, 0.717) is 6.54 Å². The Balaban J connectivity index is 1.99. The average Bonchev–Trinajstić information content (AvgIpc) is 2.61. The molecule has 0 fully saturated rings. The van der Waals surface area contributed by atoms with Gasteiger partial charge in [-0.25, -0.2) is 13.1 Å². The lowest BCUT2D eigenvalue weighted by Gasteiger charge is -2.05. The number of carbonyl (C=O) groups excluding carboxylic acids is 1. The van der Waals surface area contributed by atoms with Gasteiger partial charge < -0.3 is 5.32 Å². The predicted octanol–water partition coefficient (Wildman–Crippen LogP) is 3.20. The number of sulfonamides is 1. The highest BCUT2D eigenvalue weighted by Crippen LogP contribution is 2.12. The second-order valence-electron chi connectivity index (χ2n) is 5.44. The van der Waals surface area contributed by atoms with Crippen molar-refractivity contribution in [1.29, 1.82) is 0 Å². The predicted molar refractivity (Wildman–Crippen MR) is 101 cm³/mol. The van der Waals surface area contributed by atoms with Crippen LogP contribution in [-0.4, -0.2) is 20.9 Å². The smallest absolute Gasteiger partial charge is 0.248 e. The number of benzene rings is 2. The molecule has 0 saturated heterocycles. The van der Waals surface area contributed by atoms with E-state index in [4.69, 9.17) is 0 Å². The van der Waals surface area contributed by atoms with E-state index < -0.39 is 10.0 Å². The highest BCUT2D eigenvalue weighted by molar-refractivity contribution is 7.89. The molecule has 132 valence electrons. The van der Waals surface area contributed by atoms with Crippen LogP contribution in [0.5, 0.6) is 0 Å². The third kappa shape index (κ3) is 5.55. The Hall–Kier alpha value is -2.44. The lowest BCUT2D eigenvalue weighted by molar-refractivity contribution is -0.111. The first-order valence-corrected chi connectivity index (χ1v) is 9.60. The summed E-state index contributed by atoms with van der Waals surface area (Å²) in [6.07, 6.45) is 4.01. The number of amides is 1. The fourth-order valence-corrected chi connectivity index (χ4v) is 3.25. The summed E-state index contributed by atoms with van der Waals surface area (Å²) >= 11 is 0. The standard InChI is InChI=1S/C19H22N2O3S/c1-3-15-5-10-17(11-6-15)21-19(22)14-9-16-7-12-18(13-8-16)25(23,24)20-4-2/h5-14,20H,3-4H2,1-2H3,(H,21,22)/b14-9+. The third-order valence-electron chi connectivity index (χ3n) is 3.58. The van der Waals surface area contributed by atoms with Gasteiger partial charge in [-0.1, -0.05) is 38.1 Å². The van der Waals surface area contributed by atoms with E-state index in [1.54, 1.807) is 25.1 Å². The van der Waals surface area contributed by atoms with Crippen LogP contribution in [0.1, 0.15) is 25.0 Å². The highest BCUT2D eigenvalue weighted by Gasteiger charge is 2.11. The van der Waals surface area contributed by atoms with E-state index >= 15 is 0 Å². The molecule has 2 aromatic rings. The van der Waals surface area contributed by atoms with Gasteiger partial charge in [0.2, 0.25) is 15.9 Å². The van der Waals surface area contributed by atoms with Crippen molar-refractivity contribution < 1.29 is 13.2 Å². The molecule has 2 N–H and O–H groups in total. The Kier molecular flexibility index (Phi) is 6.50. The van der Waals surface area contributed by atoms with E-state index in [0.717, 1.165) is 17.7 Å².